The lowest BCUT2D eigenvalue weighted by Gasteiger charge is -2.09. The molecule has 88 valence electrons. The van der Waals surface area contributed by atoms with Gasteiger partial charge in [0.1, 0.15) is 11.6 Å². The molecule has 2 aromatic rings. The summed E-state index contributed by atoms with van der Waals surface area (Å²) in [5.74, 6) is 0.979. The second kappa shape index (κ2) is 4.07. The Labute approximate surface area is 111 Å². The third-order valence-corrected chi connectivity index (χ3v) is 3.62. The zero-order valence-corrected chi connectivity index (χ0v) is 11.0. The van der Waals surface area contributed by atoms with Crippen LogP contribution in [0.3, 0.4) is 0 Å². The summed E-state index contributed by atoms with van der Waals surface area (Å²) in [5, 5.41) is 8.27. The zero-order chi connectivity index (χ0) is 12.0. The fraction of sp³-hybridized carbons (Fsp3) is 0.273. The van der Waals surface area contributed by atoms with Crippen molar-refractivity contribution in [2.24, 2.45) is 0 Å². The molecule has 3 nitrogen and oxygen atoms in total. The second-order valence-corrected chi connectivity index (χ2v) is 5.23. The summed E-state index contributed by atoms with van der Waals surface area (Å²) in [6, 6.07) is 4.47. The predicted octanol–water partition coefficient (Wildman–Crippen LogP) is 3.70. The molecule has 0 unspecified atom stereocenters. The number of hydrogen-bond donors (Lipinski definition) is 0. The van der Waals surface area contributed by atoms with Gasteiger partial charge in [0.15, 0.2) is 0 Å². The quantitative estimate of drug-likeness (QED) is 0.846. The minimum atomic E-state index is -0.294. The summed E-state index contributed by atoms with van der Waals surface area (Å²) in [7, 11) is 0. The number of hydrogen-bond acceptors (Lipinski definition) is 2. The molecule has 1 aromatic carbocycles. The molecular formula is C11H8BrClFN3. The predicted molar refractivity (Wildman–Crippen MR) is 66.0 cm³/mol. The summed E-state index contributed by atoms with van der Waals surface area (Å²) in [6.07, 6.45) is 2.21. The van der Waals surface area contributed by atoms with Crippen LogP contribution in [0.4, 0.5) is 4.39 Å². The largest absolute Gasteiger partial charge is 0.268 e. The highest BCUT2D eigenvalue weighted by molar-refractivity contribution is 9.10. The van der Waals surface area contributed by atoms with Crippen LogP contribution in [0.5, 0.6) is 0 Å². The van der Waals surface area contributed by atoms with Gasteiger partial charge in [-0.3, -0.25) is 4.57 Å². The van der Waals surface area contributed by atoms with E-state index in [-0.39, 0.29) is 5.82 Å². The van der Waals surface area contributed by atoms with E-state index < -0.39 is 0 Å². The summed E-state index contributed by atoms with van der Waals surface area (Å²) in [6.45, 7) is 0. The van der Waals surface area contributed by atoms with Crippen molar-refractivity contribution in [2.45, 2.75) is 18.8 Å². The molecule has 0 radical (unpaired) electrons. The highest BCUT2D eigenvalue weighted by atomic mass is 79.9. The van der Waals surface area contributed by atoms with E-state index >= 15 is 0 Å². The van der Waals surface area contributed by atoms with Crippen molar-refractivity contribution >= 4 is 27.5 Å². The molecule has 0 atom stereocenters. The lowest BCUT2D eigenvalue weighted by atomic mass is 10.3. The van der Waals surface area contributed by atoms with E-state index in [9.17, 15) is 4.39 Å². The van der Waals surface area contributed by atoms with Crippen LogP contribution in [-0.4, -0.2) is 14.8 Å². The Kier molecular flexibility index (Phi) is 2.67. The minimum Gasteiger partial charge on any atom is -0.268 e. The van der Waals surface area contributed by atoms with Crippen molar-refractivity contribution < 1.29 is 4.39 Å². The molecule has 0 N–H and O–H groups in total. The lowest BCUT2D eigenvalue weighted by Crippen LogP contribution is -2.01. The van der Waals surface area contributed by atoms with Crippen LogP contribution in [0.25, 0.3) is 5.69 Å². The van der Waals surface area contributed by atoms with Crippen LogP contribution >= 0.6 is 27.5 Å². The van der Waals surface area contributed by atoms with Crippen molar-refractivity contribution in [1.29, 1.82) is 0 Å². The van der Waals surface area contributed by atoms with Crippen molar-refractivity contribution in [3.63, 3.8) is 0 Å². The van der Waals surface area contributed by atoms with Gasteiger partial charge < -0.3 is 0 Å². The van der Waals surface area contributed by atoms with Crippen LogP contribution in [0.2, 0.25) is 5.28 Å². The molecule has 17 heavy (non-hydrogen) atoms. The van der Waals surface area contributed by atoms with Crippen molar-refractivity contribution in [2.75, 3.05) is 0 Å². The first kappa shape index (κ1) is 11.2. The Morgan fingerprint density at radius 1 is 1.35 bits per heavy atom. The van der Waals surface area contributed by atoms with E-state index in [2.05, 4.69) is 26.1 Å². The molecule has 1 aliphatic carbocycles. The summed E-state index contributed by atoms with van der Waals surface area (Å²) >= 11 is 9.37. The molecule has 0 aliphatic heterocycles. The van der Waals surface area contributed by atoms with Crippen molar-refractivity contribution in [3.8, 4) is 5.69 Å². The van der Waals surface area contributed by atoms with Gasteiger partial charge in [-0.2, -0.15) is 0 Å². The first-order chi connectivity index (χ1) is 8.16. The summed E-state index contributed by atoms with van der Waals surface area (Å²) in [5.41, 5.74) is 0.767. The average molecular weight is 317 g/mol. The third kappa shape index (κ3) is 1.98. The van der Waals surface area contributed by atoms with Gasteiger partial charge in [0.25, 0.3) is 0 Å². The lowest BCUT2D eigenvalue weighted by molar-refractivity contribution is 0.626. The summed E-state index contributed by atoms with van der Waals surface area (Å²) in [4.78, 5) is 0. The van der Waals surface area contributed by atoms with Gasteiger partial charge in [-0.1, -0.05) is 0 Å². The maximum atomic E-state index is 13.1. The Morgan fingerprint density at radius 2 is 2.12 bits per heavy atom. The molecule has 1 fully saturated rings. The van der Waals surface area contributed by atoms with Crippen molar-refractivity contribution in [3.05, 3.63) is 39.6 Å². The normalized spacial score (nSPS) is 15.2. The van der Waals surface area contributed by atoms with Gasteiger partial charge in [-0.15, -0.1) is 10.2 Å². The second-order valence-electron chi connectivity index (χ2n) is 4.03. The fourth-order valence-electron chi connectivity index (χ4n) is 1.77. The Bertz CT molecular complexity index is 580. The Hall–Kier alpha value is -0.940. The molecule has 0 saturated heterocycles. The molecule has 0 spiro atoms. The molecule has 1 aromatic heterocycles. The molecule has 1 heterocycles. The van der Waals surface area contributed by atoms with Crippen LogP contribution in [0, 0.1) is 5.82 Å². The topological polar surface area (TPSA) is 30.7 Å². The third-order valence-electron chi connectivity index (χ3n) is 2.74. The number of aromatic nitrogens is 3. The van der Waals surface area contributed by atoms with Gasteiger partial charge >= 0.3 is 0 Å². The van der Waals surface area contributed by atoms with E-state index in [1.165, 1.54) is 12.1 Å². The van der Waals surface area contributed by atoms with Gasteiger partial charge in [-0.05, 0) is 58.6 Å². The van der Waals surface area contributed by atoms with Crippen molar-refractivity contribution in [1.82, 2.24) is 14.8 Å². The van der Waals surface area contributed by atoms with Gasteiger partial charge in [0, 0.05) is 10.4 Å². The van der Waals surface area contributed by atoms with Crippen LogP contribution in [-0.2, 0) is 0 Å². The molecule has 1 aliphatic rings. The monoisotopic (exact) mass is 315 g/mol. The average Bonchev–Trinajstić information content (AvgIpc) is 3.04. The fourth-order valence-corrected chi connectivity index (χ4v) is 2.51. The molecule has 6 heteroatoms. The molecule has 1 saturated carbocycles. The maximum Gasteiger partial charge on any atom is 0.229 e. The number of halogens is 3. The highest BCUT2D eigenvalue weighted by Gasteiger charge is 2.31. The minimum absolute atomic E-state index is 0.294. The van der Waals surface area contributed by atoms with Crippen LogP contribution in [0.1, 0.15) is 24.6 Å². The molecule has 0 bridgehead atoms. The Balaban J connectivity index is 2.16. The van der Waals surface area contributed by atoms with E-state index in [1.807, 2.05) is 0 Å². The maximum absolute atomic E-state index is 13.1. The Morgan fingerprint density at radius 3 is 2.76 bits per heavy atom. The van der Waals surface area contributed by atoms with Crippen LogP contribution < -0.4 is 0 Å². The van der Waals surface area contributed by atoms with Gasteiger partial charge in [-0.25, -0.2) is 4.39 Å². The number of rotatable bonds is 2. The van der Waals surface area contributed by atoms with Gasteiger partial charge in [0.05, 0.1) is 5.69 Å². The first-order valence-electron chi connectivity index (χ1n) is 5.23. The van der Waals surface area contributed by atoms with E-state index in [0.717, 1.165) is 24.4 Å². The number of benzene rings is 1. The van der Waals surface area contributed by atoms with Crippen LogP contribution in [0.15, 0.2) is 22.7 Å². The molecule has 3 rings (SSSR count). The molecular weight excluding hydrogens is 308 g/mol. The summed E-state index contributed by atoms with van der Waals surface area (Å²) < 4.78 is 15.5. The molecule has 0 amide bonds. The van der Waals surface area contributed by atoms with E-state index in [0.29, 0.717) is 15.7 Å². The highest BCUT2D eigenvalue weighted by Crippen LogP contribution is 2.41. The smallest absolute Gasteiger partial charge is 0.229 e. The zero-order valence-electron chi connectivity index (χ0n) is 8.70. The SMILES string of the molecule is Fc1ccc(-n2c(Cl)nnc2C2CC2)c(Br)c1. The number of nitrogens with zero attached hydrogens (tertiary/aromatic N) is 3. The standard InChI is InChI=1S/C11H8BrClFN3/c12-8-5-7(14)3-4-9(8)17-10(6-1-2-6)15-16-11(17)13/h3-6H,1-2H2. The van der Waals surface area contributed by atoms with E-state index in [4.69, 9.17) is 11.6 Å². The van der Waals surface area contributed by atoms with Gasteiger partial charge in [0.2, 0.25) is 5.28 Å². The van der Waals surface area contributed by atoms with E-state index in [1.54, 1.807) is 10.6 Å². The first-order valence-corrected chi connectivity index (χ1v) is 6.40.